The Kier molecular flexibility index (Phi) is 8.95. The molecule has 0 bridgehead atoms. The summed E-state index contributed by atoms with van der Waals surface area (Å²) >= 11 is 5.83. The number of rotatable bonds is 8. The minimum absolute atomic E-state index is 0.0529. The fourth-order valence-electron chi connectivity index (χ4n) is 3.92. The van der Waals surface area contributed by atoms with Gasteiger partial charge in [0.2, 0.25) is 11.8 Å². The van der Waals surface area contributed by atoms with Crippen LogP contribution in [0.3, 0.4) is 0 Å². The van der Waals surface area contributed by atoms with Crippen LogP contribution in [0.5, 0.6) is 0 Å². The first-order chi connectivity index (χ1) is 16.2. The fourth-order valence-corrected chi connectivity index (χ4v) is 4.03. The summed E-state index contributed by atoms with van der Waals surface area (Å²) in [4.78, 5) is 50.4. The Hall–Kier alpha value is -3.04. The van der Waals surface area contributed by atoms with Crippen LogP contribution in [0.25, 0.3) is 0 Å². The Balaban J connectivity index is 1.56. The average Bonchev–Trinajstić information content (AvgIpc) is 2.83. The third kappa shape index (κ3) is 6.98. The predicted molar refractivity (Wildman–Crippen MR) is 132 cm³/mol. The number of hydrogen-bond donors (Lipinski definition) is 2. The molecular weight excluding hydrogens is 456 g/mol. The van der Waals surface area contributed by atoms with Crippen molar-refractivity contribution in [2.75, 3.05) is 44.9 Å². The van der Waals surface area contributed by atoms with E-state index < -0.39 is 5.91 Å². The highest BCUT2D eigenvalue weighted by atomic mass is 35.5. The second-order valence-corrected chi connectivity index (χ2v) is 9.25. The molecule has 0 aliphatic heterocycles. The minimum atomic E-state index is -0.485. The van der Waals surface area contributed by atoms with E-state index >= 15 is 0 Å². The number of pyridine rings is 2. The van der Waals surface area contributed by atoms with Gasteiger partial charge in [0.05, 0.1) is 10.7 Å². The molecule has 0 spiro atoms. The maximum Gasteiger partial charge on any atom is 0.277 e. The van der Waals surface area contributed by atoms with Crippen molar-refractivity contribution >= 4 is 40.8 Å². The van der Waals surface area contributed by atoms with Crippen molar-refractivity contribution in [2.45, 2.75) is 25.7 Å². The van der Waals surface area contributed by atoms with Gasteiger partial charge < -0.3 is 20.4 Å². The topological polar surface area (TPSA) is 108 Å². The summed E-state index contributed by atoms with van der Waals surface area (Å²) in [6.07, 6.45) is 5.51. The second kappa shape index (κ2) is 11.9. The molecule has 1 aliphatic rings. The maximum absolute atomic E-state index is 12.9. The molecule has 0 atom stereocenters. The maximum atomic E-state index is 12.9. The minimum Gasteiger partial charge on any atom is -0.344 e. The summed E-state index contributed by atoms with van der Waals surface area (Å²) in [7, 11) is 5.79. The lowest BCUT2D eigenvalue weighted by Gasteiger charge is -2.30. The van der Waals surface area contributed by atoms with Crippen molar-refractivity contribution in [3.05, 3.63) is 47.4 Å². The number of amides is 3. The molecule has 10 heteroatoms. The highest BCUT2D eigenvalue weighted by Crippen LogP contribution is 2.31. The molecule has 0 aromatic carbocycles. The van der Waals surface area contributed by atoms with E-state index in [1.54, 1.807) is 29.2 Å². The highest BCUT2D eigenvalue weighted by Gasteiger charge is 2.31. The van der Waals surface area contributed by atoms with E-state index in [1.165, 1.54) is 12.4 Å². The lowest BCUT2D eigenvalue weighted by atomic mass is 9.81. The summed E-state index contributed by atoms with van der Waals surface area (Å²) < 4.78 is 0. The standard InChI is InChI=1S/C24H31ClN6O3/c1-30(2)13-14-31(3)24(34)17-8-6-16(7-9-17)22(32)28-19-5-4-12-26-21(19)23(33)29-20-11-10-18(25)15-27-20/h4-5,10-12,15-17H,6-9,13-14H2,1-3H3,(H,28,32)(H,27,29,33)/t16-,17-. The molecular formula is C24H31ClN6O3. The zero-order valence-corrected chi connectivity index (χ0v) is 20.5. The number of likely N-dealkylation sites (N-methyl/N-ethyl adjacent to an activating group) is 2. The number of anilines is 2. The van der Waals surface area contributed by atoms with E-state index in [2.05, 4.69) is 20.6 Å². The molecule has 0 unspecified atom stereocenters. The summed E-state index contributed by atoms with van der Waals surface area (Å²) in [5, 5.41) is 5.97. The Morgan fingerprint density at radius 2 is 1.68 bits per heavy atom. The number of hydrogen-bond acceptors (Lipinski definition) is 6. The fraction of sp³-hybridized carbons (Fsp3) is 0.458. The van der Waals surface area contributed by atoms with Crippen LogP contribution in [0.15, 0.2) is 36.7 Å². The van der Waals surface area contributed by atoms with Gasteiger partial charge >= 0.3 is 0 Å². The molecule has 2 aromatic heterocycles. The van der Waals surface area contributed by atoms with Gasteiger partial charge in [-0.3, -0.25) is 14.4 Å². The van der Waals surface area contributed by atoms with Gasteiger partial charge in [0.1, 0.15) is 5.82 Å². The molecule has 0 saturated heterocycles. The summed E-state index contributed by atoms with van der Waals surface area (Å²) in [5.74, 6) is -0.453. The zero-order valence-electron chi connectivity index (χ0n) is 19.8. The molecule has 34 heavy (non-hydrogen) atoms. The van der Waals surface area contributed by atoms with Gasteiger partial charge in [0, 0.05) is 44.4 Å². The number of carbonyl (C=O) groups excluding carboxylic acids is 3. The first-order valence-corrected chi connectivity index (χ1v) is 11.7. The third-order valence-electron chi connectivity index (χ3n) is 5.96. The van der Waals surface area contributed by atoms with Crippen molar-refractivity contribution in [2.24, 2.45) is 11.8 Å². The summed E-state index contributed by atoms with van der Waals surface area (Å²) in [6, 6.07) is 6.50. The molecule has 1 saturated carbocycles. The molecule has 9 nitrogen and oxygen atoms in total. The molecule has 1 aliphatic carbocycles. The average molecular weight is 487 g/mol. The van der Waals surface area contributed by atoms with Gasteiger partial charge in [-0.1, -0.05) is 11.6 Å². The number of carbonyl (C=O) groups is 3. The van der Waals surface area contributed by atoms with Crippen molar-refractivity contribution in [1.29, 1.82) is 0 Å². The SMILES string of the molecule is CN(C)CCN(C)C(=O)[C@H]1CC[C@H](C(=O)Nc2cccnc2C(=O)Nc2ccc(Cl)cn2)CC1. The molecule has 2 N–H and O–H groups in total. The van der Waals surface area contributed by atoms with E-state index in [0.717, 1.165) is 6.54 Å². The summed E-state index contributed by atoms with van der Waals surface area (Å²) in [5.41, 5.74) is 0.430. The van der Waals surface area contributed by atoms with E-state index in [9.17, 15) is 14.4 Å². The van der Waals surface area contributed by atoms with E-state index in [4.69, 9.17) is 11.6 Å². The van der Waals surface area contributed by atoms with Crippen LogP contribution in [0.4, 0.5) is 11.5 Å². The van der Waals surface area contributed by atoms with Crippen molar-refractivity contribution in [1.82, 2.24) is 19.8 Å². The Morgan fingerprint density at radius 3 is 2.32 bits per heavy atom. The van der Waals surface area contributed by atoms with Crippen LogP contribution >= 0.6 is 11.6 Å². The van der Waals surface area contributed by atoms with Gasteiger partial charge in [-0.05, 0) is 64.0 Å². The molecule has 2 aromatic rings. The number of nitrogens with zero attached hydrogens (tertiary/aromatic N) is 4. The van der Waals surface area contributed by atoms with Crippen molar-refractivity contribution < 1.29 is 14.4 Å². The van der Waals surface area contributed by atoms with Crippen LogP contribution in [0, 0.1) is 11.8 Å². The van der Waals surface area contributed by atoms with Gasteiger partial charge in [0.25, 0.3) is 5.91 Å². The van der Waals surface area contributed by atoms with Crippen LogP contribution in [0.2, 0.25) is 5.02 Å². The van der Waals surface area contributed by atoms with Crippen molar-refractivity contribution in [3.63, 3.8) is 0 Å². The zero-order chi connectivity index (χ0) is 24.7. The van der Waals surface area contributed by atoms with E-state index in [0.29, 0.717) is 48.8 Å². The largest absolute Gasteiger partial charge is 0.344 e. The Bertz CT molecular complexity index is 1010. The molecule has 3 rings (SSSR count). The first-order valence-electron chi connectivity index (χ1n) is 11.3. The van der Waals surface area contributed by atoms with Crippen LogP contribution in [-0.4, -0.2) is 71.7 Å². The quantitative estimate of drug-likeness (QED) is 0.593. The number of halogens is 1. The van der Waals surface area contributed by atoms with Crippen LogP contribution in [0.1, 0.15) is 36.2 Å². The summed E-state index contributed by atoms with van der Waals surface area (Å²) in [6.45, 7) is 1.50. The molecule has 182 valence electrons. The lowest BCUT2D eigenvalue weighted by Crippen LogP contribution is -2.39. The van der Waals surface area contributed by atoms with Gasteiger partial charge in [-0.2, -0.15) is 0 Å². The molecule has 1 fully saturated rings. The van der Waals surface area contributed by atoms with Crippen molar-refractivity contribution in [3.8, 4) is 0 Å². The van der Waals surface area contributed by atoms with Gasteiger partial charge in [-0.15, -0.1) is 0 Å². The molecule has 0 radical (unpaired) electrons. The van der Waals surface area contributed by atoms with Crippen LogP contribution in [-0.2, 0) is 9.59 Å². The smallest absolute Gasteiger partial charge is 0.277 e. The van der Waals surface area contributed by atoms with Crippen LogP contribution < -0.4 is 10.6 Å². The van der Waals surface area contributed by atoms with Gasteiger partial charge in [0.15, 0.2) is 5.69 Å². The monoisotopic (exact) mass is 486 g/mol. The van der Waals surface area contributed by atoms with Gasteiger partial charge in [-0.25, -0.2) is 9.97 Å². The Labute approximate surface area is 204 Å². The highest BCUT2D eigenvalue weighted by molar-refractivity contribution is 6.30. The first kappa shape index (κ1) is 25.6. The molecule has 2 heterocycles. The number of nitrogens with one attached hydrogen (secondary N) is 2. The Morgan fingerprint density at radius 1 is 0.971 bits per heavy atom. The predicted octanol–water partition coefficient (Wildman–Crippen LogP) is 3.15. The third-order valence-corrected chi connectivity index (χ3v) is 6.18. The normalized spacial score (nSPS) is 17.8. The van der Waals surface area contributed by atoms with E-state index in [-0.39, 0.29) is 29.3 Å². The number of aromatic nitrogens is 2. The lowest BCUT2D eigenvalue weighted by molar-refractivity contribution is -0.136. The second-order valence-electron chi connectivity index (χ2n) is 8.82. The molecule has 3 amide bonds. The van der Waals surface area contributed by atoms with E-state index in [1.807, 2.05) is 26.0 Å².